The predicted molar refractivity (Wildman–Crippen MR) is 151 cm³/mol. The Morgan fingerprint density at radius 3 is 2.46 bits per heavy atom. The number of rotatable bonds is 4. The zero-order valence-electron chi connectivity index (χ0n) is 22.0. The molecule has 1 fully saturated rings. The molecule has 0 radical (unpaired) electrons. The lowest BCUT2D eigenvalue weighted by Gasteiger charge is -2.36. The van der Waals surface area contributed by atoms with Gasteiger partial charge in [-0.2, -0.15) is 0 Å². The van der Waals surface area contributed by atoms with Gasteiger partial charge in [0.15, 0.2) is 0 Å². The summed E-state index contributed by atoms with van der Waals surface area (Å²) in [6.45, 7) is 6.27. The molecular formula is C31H29FN6O. The van der Waals surface area contributed by atoms with Crippen LogP contribution in [-0.4, -0.2) is 51.9 Å². The highest BCUT2D eigenvalue weighted by molar-refractivity contribution is 5.95. The lowest BCUT2D eigenvalue weighted by molar-refractivity contribution is 0.0742. The molecule has 7 nitrogen and oxygen atoms in total. The quantitative estimate of drug-likeness (QED) is 0.399. The number of hydrogen-bond acceptors (Lipinski definition) is 6. The van der Waals surface area contributed by atoms with Crippen LogP contribution in [0.2, 0.25) is 0 Å². The van der Waals surface area contributed by atoms with Gasteiger partial charge in [0.05, 0.1) is 28.2 Å². The molecule has 196 valence electrons. The Bertz CT molecular complexity index is 1570. The summed E-state index contributed by atoms with van der Waals surface area (Å²) in [5.74, 6) is 5.85. The van der Waals surface area contributed by atoms with E-state index < -0.39 is 5.82 Å². The van der Waals surface area contributed by atoms with Gasteiger partial charge in [-0.15, -0.1) is 0 Å². The second-order valence-electron chi connectivity index (χ2n) is 9.33. The normalized spacial score (nSPS) is 13.1. The Hall–Kier alpha value is -4.77. The average molecular weight is 521 g/mol. The summed E-state index contributed by atoms with van der Waals surface area (Å²) in [6.07, 6.45) is 2.09. The number of hydrogen-bond donors (Lipinski definition) is 1. The number of pyridine rings is 1. The van der Waals surface area contributed by atoms with Crippen LogP contribution in [0.15, 0.2) is 67.0 Å². The van der Waals surface area contributed by atoms with Crippen molar-refractivity contribution in [1.29, 1.82) is 0 Å². The number of nitrogens with two attached hydrogens (primary N) is 1. The summed E-state index contributed by atoms with van der Waals surface area (Å²) < 4.78 is 15.4. The lowest BCUT2D eigenvalue weighted by Crippen LogP contribution is -2.49. The predicted octanol–water partition coefficient (Wildman–Crippen LogP) is 4.49. The number of benzene rings is 2. The van der Waals surface area contributed by atoms with Crippen LogP contribution in [0.5, 0.6) is 0 Å². The number of piperazine rings is 1. The van der Waals surface area contributed by atoms with Crippen molar-refractivity contribution < 1.29 is 9.18 Å². The largest absolute Gasteiger partial charge is 0.384 e. The average Bonchev–Trinajstić information content (AvgIpc) is 2.96. The van der Waals surface area contributed by atoms with Crippen molar-refractivity contribution in [3.63, 3.8) is 0 Å². The number of amides is 1. The Balaban J connectivity index is 1.39. The van der Waals surface area contributed by atoms with Gasteiger partial charge in [-0.3, -0.25) is 4.79 Å². The smallest absolute Gasteiger partial charge is 0.256 e. The standard InChI is InChI=1S/C31H29FN6O/c1-3-28-26(13-9-22-11-14-29(33)36-21(22)2)30(35-20-34-28)23-10-12-25(27(32)19-23)31(39)38-17-15-37(16-18-38)24-7-5-4-6-8-24/h4-8,10-12,14,19-20H,3,15-18H2,1-2H3,(H2,33,36). The fraction of sp³-hybridized carbons (Fsp3) is 0.226. The van der Waals surface area contributed by atoms with Crippen molar-refractivity contribution in [3.05, 3.63) is 101 Å². The Morgan fingerprint density at radius 1 is 1.00 bits per heavy atom. The molecule has 1 saturated heterocycles. The van der Waals surface area contributed by atoms with Gasteiger partial charge in [-0.1, -0.05) is 43.0 Å². The monoisotopic (exact) mass is 520 g/mol. The molecule has 0 bridgehead atoms. The fourth-order valence-corrected chi connectivity index (χ4v) is 4.70. The molecule has 1 aliphatic heterocycles. The van der Waals surface area contributed by atoms with E-state index in [0.29, 0.717) is 55.2 Å². The molecule has 39 heavy (non-hydrogen) atoms. The number of nitrogen functional groups attached to an aromatic ring is 1. The van der Waals surface area contributed by atoms with Crippen LogP contribution in [0.4, 0.5) is 15.9 Å². The van der Waals surface area contributed by atoms with E-state index in [1.807, 2.05) is 38.1 Å². The first-order chi connectivity index (χ1) is 18.9. The Kier molecular flexibility index (Phi) is 7.50. The topological polar surface area (TPSA) is 88.2 Å². The second-order valence-corrected chi connectivity index (χ2v) is 9.33. The maximum atomic E-state index is 15.4. The van der Waals surface area contributed by atoms with Crippen molar-refractivity contribution >= 4 is 17.4 Å². The molecular weight excluding hydrogens is 491 g/mol. The number of carbonyl (C=O) groups excluding carboxylic acids is 1. The summed E-state index contributed by atoms with van der Waals surface area (Å²) in [4.78, 5) is 30.2. The van der Waals surface area contributed by atoms with Gasteiger partial charge in [-0.25, -0.2) is 19.3 Å². The molecule has 2 aromatic carbocycles. The van der Waals surface area contributed by atoms with E-state index in [9.17, 15) is 4.79 Å². The summed E-state index contributed by atoms with van der Waals surface area (Å²) in [5, 5.41) is 0. The first-order valence-electron chi connectivity index (χ1n) is 12.9. The number of aromatic nitrogens is 3. The maximum Gasteiger partial charge on any atom is 0.256 e. The van der Waals surface area contributed by atoms with Gasteiger partial charge < -0.3 is 15.5 Å². The van der Waals surface area contributed by atoms with Crippen LogP contribution < -0.4 is 10.6 Å². The van der Waals surface area contributed by atoms with Gasteiger partial charge in [0.2, 0.25) is 0 Å². The molecule has 1 amide bonds. The van der Waals surface area contributed by atoms with Crippen LogP contribution >= 0.6 is 0 Å². The van der Waals surface area contributed by atoms with Crippen molar-refractivity contribution in [2.24, 2.45) is 0 Å². The minimum atomic E-state index is -0.586. The maximum absolute atomic E-state index is 15.4. The molecule has 0 aliphatic carbocycles. The Labute approximate surface area is 227 Å². The highest BCUT2D eigenvalue weighted by Gasteiger charge is 2.25. The zero-order valence-corrected chi connectivity index (χ0v) is 22.0. The molecule has 3 heterocycles. The molecule has 0 spiro atoms. The number of aryl methyl sites for hydroxylation is 2. The van der Waals surface area contributed by atoms with E-state index in [1.165, 1.54) is 18.5 Å². The SMILES string of the molecule is CCc1ncnc(-c2ccc(C(=O)N3CCN(c4ccccc4)CC3)c(F)c2)c1C#Cc1ccc(N)nc1C. The number of nitrogens with zero attached hydrogens (tertiary/aromatic N) is 5. The third-order valence-corrected chi connectivity index (χ3v) is 6.85. The molecule has 0 saturated carbocycles. The number of anilines is 2. The molecule has 2 N–H and O–H groups in total. The van der Waals surface area contributed by atoms with Crippen molar-refractivity contribution in [1.82, 2.24) is 19.9 Å². The van der Waals surface area contributed by atoms with Crippen molar-refractivity contribution in [2.75, 3.05) is 36.8 Å². The van der Waals surface area contributed by atoms with Crippen LogP contribution in [0, 0.1) is 24.6 Å². The summed E-state index contributed by atoms with van der Waals surface area (Å²) >= 11 is 0. The van der Waals surface area contributed by atoms with Crippen LogP contribution in [0.1, 0.15) is 39.8 Å². The molecule has 5 rings (SSSR count). The zero-order chi connectivity index (χ0) is 27.4. The second kappa shape index (κ2) is 11.3. The van der Waals surface area contributed by atoms with Gasteiger partial charge in [-0.05, 0) is 49.7 Å². The third-order valence-electron chi connectivity index (χ3n) is 6.85. The molecule has 1 aliphatic rings. The van der Waals surface area contributed by atoms with Gasteiger partial charge in [0, 0.05) is 43.0 Å². The first-order valence-corrected chi connectivity index (χ1v) is 12.9. The fourth-order valence-electron chi connectivity index (χ4n) is 4.70. The van der Waals surface area contributed by atoms with Gasteiger partial charge >= 0.3 is 0 Å². The van der Waals surface area contributed by atoms with E-state index in [-0.39, 0.29) is 11.5 Å². The van der Waals surface area contributed by atoms with E-state index in [2.05, 4.69) is 43.8 Å². The van der Waals surface area contributed by atoms with Crippen LogP contribution in [0.25, 0.3) is 11.3 Å². The number of carbonyl (C=O) groups is 1. The van der Waals surface area contributed by atoms with E-state index in [0.717, 1.165) is 22.6 Å². The number of halogens is 1. The first kappa shape index (κ1) is 25.9. The molecule has 8 heteroatoms. The van der Waals surface area contributed by atoms with Crippen molar-refractivity contribution in [2.45, 2.75) is 20.3 Å². The molecule has 4 aromatic rings. The highest BCUT2D eigenvalue weighted by Crippen LogP contribution is 2.26. The highest BCUT2D eigenvalue weighted by atomic mass is 19.1. The summed E-state index contributed by atoms with van der Waals surface area (Å²) in [7, 11) is 0. The van der Waals surface area contributed by atoms with Crippen LogP contribution in [-0.2, 0) is 6.42 Å². The third kappa shape index (κ3) is 5.58. The minimum absolute atomic E-state index is 0.0490. The molecule has 2 aromatic heterocycles. The molecule has 0 unspecified atom stereocenters. The minimum Gasteiger partial charge on any atom is -0.384 e. The van der Waals surface area contributed by atoms with Gasteiger partial charge in [0.25, 0.3) is 5.91 Å². The Morgan fingerprint density at radius 2 is 1.77 bits per heavy atom. The van der Waals surface area contributed by atoms with E-state index in [4.69, 9.17) is 5.73 Å². The van der Waals surface area contributed by atoms with Gasteiger partial charge in [0.1, 0.15) is 18.0 Å². The summed E-state index contributed by atoms with van der Waals surface area (Å²) in [5.41, 5.74) is 10.8. The van der Waals surface area contributed by atoms with E-state index >= 15 is 4.39 Å². The summed E-state index contributed by atoms with van der Waals surface area (Å²) in [6, 6.07) is 18.2. The van der Waals surface area contributed by atoms with Crippen LogP contribution in [0.3, 0.4) is 0 Å². The van der Waals surface area contributed by atoms with Crippen molar-refractivity contribution in [3.8, 4) is 23.1 Å². The molecule has 0 atom stereocenters. The lowest BCUT2D eigenvalue weighted by atomic mass is 10.0. The number of para-hydroxylation sites is 1. The van der Waals surface area contributed by atoms with E-state index in [1.54, 1.807) is 17.0 Å².